The van der Waals surface area contributed by atoms with Crippen LogP contribution in [-0.2, 0) is 9.16 Å². The van der Waals surface area contributed by atoms with E-state index in [1.807, 2.05) is 0 Å². The SMILES string of the molecule is C=[C](C[C@@H](O)[C@H]1O[C@@H]1CO[Si](c1ccccc1)(c1ccccc1)C(C)(C)C)[Sn]([CH2]CCC)([CH2]CCC)[CH2]CCC. The second-order valence-corrected chi connectivity index (χ2v) is 31.0. The summed E-state index contributed by atoms with van der Waals surface area (Å²) in [5.41, 5.74) is 0. The molecule has 3 nitrogen and oxygen atoms in total. The summed E-state index contributed by atoms with van der Waals surface area (Å²) in [6, 6.07) is 21.5. The molecule has 1 saturated heterocycles. The van der Waals surface area contributed by atoms with Crippen molar-refractivity contribution in [3.05, 3.63) is 70.8 Å². The molecule has 2 aromatic carbocycles. The third kappa shape index (κ3) is 8.12. The molecular formula is C35H56O3SiSn. The van der Waals surface area contributed by atoms with E-state index in [0.717, 1.165) is 0 Å². The van der Waals surface area contributed by atoms with E-state index >= 15 is 0 Å². The average molecular weight is 672 g/mol. The maximum absolute atomic E-state index is 11.4. The Kier molecular flexibility index (Phi) is 13.0. The van der Waals surface area contributed by atoms with E-state index in [1.165, 1.54) is 65.8 Å². The van der Waals surface area contributed by atoms with Gasteiger partial charge in [0.2, 0.25) is 0 Å². The van der Waals surface area contributed by atoms with Crippen LogP contribution in [0.4, 0.5) is 0 Å². The summed E-state index contributed by atoms with van der Waals surface area (Å²) in [5.74, 6) is 0. The number of aliphatic hydroxyl groups is 1. The molecule has 1 aliphatic heterocycles. The summed E-state index contributed by atoms with van der Waals surface area (Å²) in [4.78, 5) is 0. The molecule has 0 saturated carbocycles. The number of ether oxygens (including phenoxy) is 1. The molecule has 1 heterocycles. The first-order valence-corrected chi connectivity index (χ1v) is 25.3. The fourth-order valence-electron chi connectivity index (χ4n) is 6.63. The first-order valence-electron chi connectivity index (χ1n) is 15.9. The van der Waals surface area contributed by atoms with E-state index in [2.05, 4.69) is 102 Å². The summed E-state index contributed by atoms with van der Waals surface area (Å²) in [6.45, 7) is 19.1. The fourth-order valence-corrected chi connectivity index (χ4v) is 27.0. The van der Waals surface area contributed by atoms with Crippen molar-refractivity contribution in [2.75, 3.05) is 6.61 Å². The standard InChI is InChI=1S/C23H29O3Si.3C4H9.Sn/c1-5-12-20(24)22-21(26-22)17-25-27(23(2,3)4,18-13-8-6-9-14-18)19-15-10-7-11-16-19;3*1-3-4-2;/h6-11,13-16,20-22,24H,1,12,17H2,2-4H3;3*1,3-4H2,2H3;/t20-,21-,22-;;;;/m1..../s1. The number of epoxide rings is 1. The normalized spacial score (nSPS) is 18.5. The number of rotatable bonds is 18. The molecule has 1 fully saturated rings. The van der Waals surface area contributed by atoms with Gasteiger partial charge in [-0.05, 0) is 0 Å². The van der Waals surface area contributed by atoms with E-state index in [0.29, 0.717) is 13.0 Å². The van der Waals surface area contributed by atoms with Crippen LogP contribution in [0.5, 0.6) is 0 Å². The van der Waals surface area contributed by atoms with Crippen molar-refractivity contribution >= 4 is 37.1 Å². The van der Waals surface area contributed by atoms with Gasteiger partial charge in [0.05, 0.1) is 0 Å². The maximum atomic E-state index is 11.4. The molecule has 0 aromatic heterocycles. The summed E-state index contributed by atoms with van der Waals surface area (Å²) < 4.78 is 18.9. The van der Waals surface area contributed by atoms with E-state index in [1.54, 1.807) is 0 Å². The van der Waals surface area contributed by atoms with Gasteiger partial charge in [0.15, 0.2) is 0 Å². The van der Waals surface area contributed by atoms with E-state index in [9.17, 15) is 5.11 Å². The number of unbranched alkanes of at least 4 members (excludes halogenated alkanes) is 3. The fraction of sp³-hybridized carbons (Fsp3) is 0.600. The molecule has 222 valence electrons. The third-order valence-corrected chi connectivity index (χ3v) is 30.2. The number of hydrogen-bond acceptors (Lipinski definition) is 3. The Labute approximate surface area is 250 Å². The Bertz CT molecular complexity index is 959. The molecule has 1 aliphatic rings. The van der Waals surface area contributed by atoms with Gasteiger partial charge in [-0.15, -0.1) is 0 Å². The van der Waals surface area contributed by atoms with Crippen LogP contribution in [0.15, 0.2) is 70.8 Å². The number of aliphatic hydroxyl groups excluding tert-OH is 1. The molecule has 0 aliphatic carbocycles. The van der Waals surface area contributed by atoms with Crippen molar-refractivity contribution in [1.82, 2.24) is 0 Å². The van der Waals surface area contributed by atoms with Crippen molar-refractivity contribution in [3.63, 3.8) is 0 Å². The van der Waals surface area contributed by atoms with Crippen molar-refractivity contribution in [3.8, 4) is 0 Å². The van der Waals surface area contributed by atoms with Gasteiger partial charge in [0, 0.05) is 0 Å². The van der Waals surface area contributed by atoms with Crippen molar-refractivity contribution in [2.24, 2.45) is 0 Å². The molecule has 3 rings (SSSR count). The van der Waals surface area contributed by atoms with E-state index < -0.39 is 32.8 Å². The van der Waals surface area contributed by atoms with Gasteiger partial charge in [-0.2, -0.15) is 0 Å². The topological polar surface area (TPSA) is 42.0 Å². The molecule has 40 heavy (non-hydrogen) atoms. The van der Waals surface area contributed by atoms with Crippen LogP contribution in [0.3, 0.4) is 0 Å². The molecular weight excluding hydrogens is 615 g/mol. The summed E-state index contributed by atoms with van der Waals surface area (Å²) in [7, 11) is -2.61. The zero-order chi connectivity index (χ0) is 29.2. The predicted octanol–water partition coefficient (Wildman–Crippen LogP) is 8.03. The van der Waals surface area contributed by atoms with Gasteiger partial charge in [-0.3, -0.25) is 0 Å². The molecule has 2 aromatic rings. The molecule has 0 amide bonds. The average Bonchev–Trinajstić information content (AvgIpc) is 3.73. The second-order valence-electron chi connectivity index (χ2n) is 13.1. The van der Waals surface area contributed by atoms with Gasteiger partial charge in [0.25, 0.3) is 0 Å². The quantitative estimate of drug-likeness (QED) is 0.129. The van der Waals surface area contributed by atoms with Crippen molar-refractivity contribution in [1.29, 1.82) is 0 Å². The van der Waals surface area contributed by atoms with Crippen LogP contribution < -0.4 is 10.4 Å². The Morgan fingerprint density at radius 2 is 1.32 bits per heavy atom. The van der Waals surface area contributed by atoms with Crippen LogP contribution in [0, 0.1) is 0 Å². The van der Waals surface area contributed by atoms with E-state index in [-0.39, 0.29) is 17.2 Å². The predicted molar refractivity (Wildman–Crippen MR) is 177 cm³/mol. The zero-order valence-corrected chi connectivity index (χ0v) is 30.1. The van der Waals surface area contributed by atoms with Crippen LogP contribution in [0.2, 0.25) is 18.3 Å². The van der Waals surface area contributed by atoms with Crippen LogP contribution >= 0.6 is 0 Å². The van der Waals surface area contributed by atoms with Gasteiger partial charge >= 0.3 is 252 Å². The summed E-state index contributed by atoms with van der Waals surface area (Å²) in [5, 5.41) is 13.9. The van der Waals surface area contributed by atoms with Crippen LogP contribution in [0.25, 0.3) is 0 Å². The first kappa shape index (κ1) is 33.6. The Hall–Kier alpha value is -0.924. The van der Waals surface area contributed by atoms with Crippen molar-refractivity contribution < 1.29 is 14.3 Å². The zero-order valence-electron chi connectivity index (χ0n) is 26.3. The third-order valence-electron chi connectivity index (χ3n) is 9.11. The summed E-state index contributed by atoms with van der Waals surface area (Å²) in [6.07, 6.45) is 7.71. The summed E-state index contributed by atoms with van der Waals surface area (Å²) >= 11 is -2.58. The number of hydrogen-bond donors (Lipinski definition) is 1. The number of benzene rings is 2. The van der Waals surface area contributed by atoms with Crippen LogP contribution in [-0.4, -0.2) is 56.7 Å². The van der Waals surface area contributed by atoms with E-state index in [4.69, 9.17) is 15.7 Å². The minimum absolute atomic E-state index is 0.0593. The molecule has 0 radical (unpaired) electrons. The van der Waals surface area contributed by atoms with Gasteiger partial charge < -0.3 is 0 Å². The molecule has 0 unspecified atom stereocenters. The molecule has 5 heteroatoms. The minimum atomic E-state index is -2.61. The second kappa shape index (κ2) is 15.5. The monoisotopic (exact) mass is 672 g/mol. The first-order chi connectivity index (χ1) is 19.1. The molecule has 0 bridgehead atoms. The molecule has 1 N–H and O–H groups in total. The Balaban J connectivity index is 1.75. The molecule has 3 atom stereocenters. The van der Waals surface area contributed by atoms with Crippen molar-refractivity contribution in [2.45, 2.75) is 123 Å². The van der Waals surface area contributed by atoms with Crippen LogP contribution in [0.1, 0.15) is 86.5 Å². The van der Waals surface area contributed by atoms with Gasteiger partial charge in [0.1, 0.15) is 0 Å². The van der Waals surface area contributed by atoms with Gasteiger partial charge in [-0.1, -0.05) is 0 Å². The Morgan fingerprint density at radius 1 is 0.875 bits per heavy atom. The van der Waals surface area contributed by atoms with Gasteiger partial charge in [-0.25, -0.2) is 0 Å². The molecule has 0 spiro atoms. The Morgan fingerprint density at radius 3 is 1.73 bits per heavy atom.